The number of nitrogens with one attached hydrogen (secondary N) is 1. The molecule has 0 fully saturated rings. The van der Waals surface area contributed by atoms with Gasteiger partial charge in [-0.1, -0.05) is 48.5 Å². The standard InChI is InChI=1S/C21H19N3O/c1-15-5-4-8-18-14-22-24(21(15)18)12-11-20(25)23-19-10-9-16-6-2-3-7-17(16)13-19/h2-10,13-14H,11-12H2,1H3,(H,23,25). The summed E-state index contributed by atoms with van der Waals surface area (Å²) in [5.74, 6) is -0.00693. The summed E-state index contributed by atoms with van der Waals surface area (Å²) < 4.78 is 1.91. The number of anilines is 1. The normalized spacial score (nSPS) is 11.1. The van der Waals surface area contributed by atoms with E-state index < -0.39 is 0 Å². The quantitative estimate of drug-likeness (QED) is 0.598. The number of rotatable bonds is 4. The maximum atomic E-state index is 12.3. The van der Waals surface area contributed by atoms with Crippen LogP contribution in [0.5, 0.6) is 0 Å². The fraction of sp³-hybridized carbons (Fsp3) is 0.143. The van der Waals surface area contributed by atoms with E-state index in [4.69, 9.17) is 0 Å². The van der Waals surface area contributed by atoms with E-state index in [0.29, 0.717) is 13.0 Å². The van der Waals surface area contributed by atoms with E-state index in [1.54, 1.807) is 0 Å². The number of aromatic nitrogens is 2. The number of benzene rings is 3. The van der Waals surface area contributed by atoms with Gasteiger partial charge in [0.2, 0.25) is 5.91 Å². The van der Waals surface area contributed by atoms with Gasteiger partial charge < -0.3 is 5.32 Å². The molecule has 1 N–H and O–H groups in total. The molecule has 1 aromatic heterocycles. The van der Waals surface area contributed by atoms with Crippen LogP contribution in [0.2, 0.25) is 0 Å². The summed E-state index contributed by atoms with van der Waals surface area (Å²) in [5.41, 5.74) is 3.09. The van der Waals surface area contributed by atoms with Gasteiger partial charge in [-0.05, 0) is 35.4 Å². The molecule has 3 aromatic carbocycles. The van der Waals surface area contributed by atoms with Crippen LogP contribution in [-0.4, -0.2) is 15.7 Å². The first-order valence-electron chi connectivity index (χ1n) is 8.40. The highest BCUT2D eigenvalue weighted by Crippen LogP contribution is 2.20. The van der Waals surface area contributed by atoms with Crippen LogP contribution in [-0.2, 0) is 11.3 Å². The average Bonchev–Trinajstić information content (AvgIpc) is 3.04. The van der Waals surface area contributed by atoms with E-state index in [0.717, 1.165) is 22.0 Å². The lowest BCUT2D eigenvalue weighted by molar-refractivity contribution is -0.116. The molecular formula is C21H19N3O. The van der Waals surface area contributed by atoms with Crippen molar-refractivity contribution in [2.24, 2.45) is 0 Å². The van der Waals surface area contributed by atoms with Crippen molar-refractivity contribution < 1.29 is 4.79 Å². The van der Waals surface area contributed by atoms with Gasteiger partial charge in [-0.2, -0.15) is 5.10 Å². The first kappa shape index (κ1) is 15.4. The fourth-order valence-corrected chi connectivity index (χ4v) is 3.20. The Balaban J connectivity index is 1.46. The molecular weight excluding hydrogens is 310 g/mol. The lowest BCUT2D eigenvalue weighted by Crippen LogP contribution is -2.15. The lowest BCUT2D eigenvalue weighted by Gasteiger charge is -2.08. The molecule has 0 atom stereocenters. The third kappa shape index (κ3) is 3.11. The van der Waals surface area contributed by atoms with Gasteiger partial charge >= 0.3 is 0 Å². The van der Waals surface area contributed by atoms with Crippen molar-refractivity contribution in [2.45, 2.75) is 19.9 Å². The maximum absolute atomic E-state index is 12.3. The Morgan fingerprint density at radius 2 is 1.80 bits per heavy atom. The van der Waals surface area contributed by atoms with Gasteiger partial charge in [0.1, 0.15) is 0 Å². The second kappa shape index (κ2) is 6.40. The molecule has 124 valence electrons. The van der Waals surface area contributed by atoms with Crippen molar-refractivity contribution in [1.82, 2.24) is 9.78 Å². The third-order valence-electron chi connectivity index (χ3n) is 4.45. The van der Waals surface area contributed by atoms with Crippen molar-refractivity contribution in [3.63, 3.8) is 0 Å². The van der Waals surface area contributed by atoms with Crippen LogP contribution in [0.1, 0.15) is 12.0 Å². The molecule has 0 radical (unpaired) electrons. The number of hydrogen-bond donors (Lipinski definition) is 1. The first-order chi connectivity index (χ1) is 12.2. The van der Waals surface area contributed by atoms with Crippen LogP contribution < -0.4 is 5.32 Å². The number of hydrogen-bond acceptors (Lipinski definition) is 2. The van der Waals surface area contributed by atoms with Crippen LogP contribution in [0.25, 0.3) is 21.7 Å². The van der Waals surface area contributed by atoms with E-state index >= 15 is 0 Å². The van der Waals surface area contributed by atoms with Crippen LogP contribution in [0.4, 0.5) is 5.69 Å². The van der Waals surface area contributed by atoms with E-state index in [-0.39, 0.29) is 5.91 Å². The summed E-state index contributed by atoms with van der Waals surface area (Å²) in [7, 11) is 0. The highest BCUT2D eigenvalue weighted by molar-refractivity contribution is 5.94. The van der Waals surface area contributed by atoms with Gasteiger partial charge in [0, 0.05) is 17.5 Å². The Bertz CT molecular complexity index is 1070. The zero-order valence-electron chi connectivity index (χ0n) is 14.1. The summed E-state index contributed by atoms with van der Waals surface area (Å²) in [6, 6.07) is 20.2. The molecule has 0 aliphatic rings. The molecule has 0 bridgehead atoms. The van der Waals surface area contributed by atoms with Crippen molar-refractivity contribution in [3.8, 4) is 0 Å². The monoisotopic (exact) mass is 329 g/mol. The molecule has 0 aliphatic heterocycles. The number of fused-ring (bicyclic) bond motifs is 2. The van der Waals surface area contributed by atoms with Crippen LogP contribution in [0.3, 0.4) is 0 Å². The number of nitrogens with zero attached hydrogens (tertiary/aromatic N) is 2. The van der Waals surface area contributed by atoms with Gasteiger partial charge in [0.25, 0.3) is 0 Å². The largest absolute Gasteiger partial charge is 0.326 e. The van der Waals surface area contributed by atoms with Crippen molar-refractivity contribution >= 4 is 33.3 Å². The summed E-state index contributed by atoms with van der Waals surface area (Å²) in [6.45, 7) is 2.63. The Labute approximate surface area is 146 Å². The minimum absolute atomic E-state index is 0.00693. The summed E-state index contributed by atoms with van der Waals surface area (Å²) in [5, 5.41) is 10.8. The van der Waals surface area contributed by atoms with E-state index in [1.165, 1.54) is 10.9 Å². The van der Waals surface area contributed by atoms with Gasteiger partial charge in [0.05, 0.1) is 18.3 Å². The molecule has 0 saturated carbocycles. The number of carbonyl (C=O) groups is 1. The Hall–Kier alpha value is -3.14. The summed E-state index contributed by atoms with van der Waals surface area (Å²) in [6.07, 6.45) is 2.24. The molecule has 4 nitrogen and oxygen atoms in total. The van der Waals surface area contributed by atoms with Crippen molar-refractivity contribution in [1.29, 1.82) is 0 Å². The molecule has 0 aliphatic carbocycles. The van der Waals surface area contributed by atoms with E-state index in [1.807, 2.05) is 59.4 Å². The fourth-order valence-electron chi connectivity index (χ4n) is 3.20. The predicted molar refractivity (Wildman–Crippen MR) is 102 cm³/mol. The second-order valence-electron chi connectivity index (χ2n) is 6.24. The molecule has 0 saturated heterocycles. The van der Waals surface area contributed by atoms with E-state index in [9.17, 15) is 4.79 Å². The van der Waals surface area contributed by atoms with Crippen LogP contribution in [0, 0.1) is 6.92 Å². The molecule has 1 amide bonds. The van der Waals surface area contributed by atoms with Gasteiger partial charge in [-0.25, -0.2) is 0 Å². The molecule has 25 heavy (non-hydrogen) atoms. The highest BCUT2D eigenvalue weighted by Gasteiger charge is 2.08. The molecule has 0 spiro atoms. The van der Waals surface area contributed by atoms with Crippen LogP contribution in [0.15, 0.2) is 66.9 Å². The molecule has 1 heterocycles. The SMILES string of the molecule is Cc1cccc2cnn(CCC(=O)Nc3ccc4ccccc4c3)c12. The Morgan fingerprint density at radius 3 is 2.68 bits per heavy atom. The summed E-state index contributed by atoms with van der Waals surface area (Å²) in [4.78, 5) is 12.3. The smallest absolute Gasteiger partial charge is 0.226 e. The highest BCUT2D eigenvalue weighted by atomic mass is 16.1. The molecule has 4 aromatic rings. The Kier molecular flexibility index (Phi) is 3.94. The second-order valence-corrected chi connectivity index (χ2v) is 6.24. The van der Waals surface area contributed by atoms with Crippen molar-refractivity contribution in [2.75, 3.05) is 5.32 Å². The molecule has 4 heteroatoms. The van der Waals surface area contributed by atoms with Gasteiger partial charge in [-0.3, -0.25) is 9.48 Å². The van der Waals surface area contributed by atoms with Crippen molar-refractivity contribution in [3.05, 3.63) is 72.4 Å². The average molecular weight is 329 g/mol. The number of amides is 1. The van der Waals surface area contributed by atoms with Gasteiger partial charge in [-0.15, -0.1) is 0 Å². The number of carbonyl (C=O) groups excluding carboxylic acids is 1. The molecule has 0 unspecified atom stereocenters. The zero-order chi connectivity index (χ0) is 17.2. The predicted octanol–water partition coefficient (Wildman–Crippen LogP) is 4.53. The molecule has 4 rings (SSSR count). The maximum Gasteiger partial charge on any atom is 0.226 e. The van der Waals surface area contributed by atoms with Crippen LogP contribution >= 0.6 is 0 Å². The number of aryl methyl sites for hydroxylation is 2. The summed E-state index contributed by atoms with van der Waals surface area (Å²) >= 11 is 0. The van der Waals surface area contributed by atoms with E-state index in [2.05, 4.69) is 29.5 Å². The third-order valence-corrected chi connectivity index (χ3v) is 4.45. The number of para-hydroxylation sites is 1. The first-order valence-corrected chi connectivity index (χ1v) is 8.40. The Morgan fingerprint density at radius 1 is 1.00 bits per heavy atom. The minimum atomic E-state index is -0.00693. The lowest BCUT2D eigenvalue weighted by atomic mass is 10.1. The topological polar surface area (TPSA) is 46.9 Å². The van der Waals surface area contributed by atoms with Gasteiger partial charge in [0.15, 0.2) is 0 Å². The zero-order valence-corrected chi connectivity index (χ0v) is 14.1. The minimum Gasteiger partial charge on any atom is -0.326 e.